The molecule has 1 nitrogen and oxygen atoms in total. The van der Waals surface area contributed by atoms with E-state index in [1.165, 1.54) is 5.56 Å². The third kappa shape index (κ3) is 3.02. The molecule has 13 heavy (non-hydrogen) atoms. The lowest BCUT2D eigenvalue weighted by Gasteiger charge is -2.05. The second-order valence-electron chi connectivity index (χ2n) is 3.34. The Labute approximate surface area is 80.5 Å². The standard InChI is InChI=1S/C12H17N/c1-4-10(2)13-11(3)12-8-6-5-7-9-12/h5-10H,4H2,1-3H3/b13-11+. The molecule has 1 aromatic rings. The number of hydrogen-bond acceptors (Lipinski definition) is 1. The van der Waals surface area contributed by atoms with E-state index in [0.29, 0.717) is 6.04 Å². The van der Waals surface area contributed by atoms with E-state index in [0.717, 1.165) is 12.1 Å². The SMILES string of the molecule is CCC(C)/N=C(\C)c1ccccc1. The van der Waals surface area contributed by atoms with Crippen molar-refractivity contribution in [2.24, 2.45) is 4.99 Å². The summed E-state index contributed by atoms with van der Waals surface area (Å²) in [6.07, 6.45) is 1.10. The van der Waals surface area contributed by atoms with Crippen molar-refractivity contribution in [3.63, 3.8) is 0 Å². The maximum absolute atomic E-state index is 4.58. The molecule has 1 rings (SSSR count). The van der Waals surface area contributed by atoms with Gasteiger partial charge in [0.2, 0.25) is 0 Å². The molecule has 1 unspecified atom stereocenters. The van der Waals surface area contributed by atoms with E-state index in [1.807, 2.05) is 18.2 Å². The maximum atomic E-state index is 4.58. The first-order valence-electron chi connectivity index (χ1n) is 4.84. The molecule has 1 atom stereocenters. The summed E-state index contributed by atoms with van der Waals surface area (Å²) in [6.45, 7) is 6.38. The summed E-state index contributed by atoms with van der Waals surface area (Å²) in [7, 11) is 0. The summed E-state index contributed by atoms with van der Waals surface area (Å²) in [5.41, 5.74) is 2.36. The fourth-order valence-electron chi connectivity index (χ4n) is 1.18. The van der Waals surface area contributed by atoms with E-state index in [2.05, 4.69) is 37.9 Å². The van der Waals surface area contributed by atoms with Gasteiger partial charge >= 0.3 is 0 Å². The molecule has 1 aromatic carbocycles. The zero-order valence-electron chi connectivity index (χ0n) is 8.62. The fraction of sp³-hybridized carbons (Fsp3) is 0.417. The van der Waals surface area contributed by atoms with Gasteiger partial charge in [-0.1, -0.05) is 37.3 Å². The van der Waals surface area contributed by atoms with Crippen molar-refractivity contribution in [2.45, 2.75) is 33.2 Å². The normalized spacial score (nSPS) is 14.2. The van der Waals surface area contributed by atoms with Gasteiger partial charge in [-0.15, -0.1) is 0 Å². The Bertz CT molecular complexity index is 274. The molecule has 0 aliphatic rings. The van der Waals surface area contributed by atoms with E-state index in [-0.39, 0.29) is 0 Å². The van der Waals surface area contributed by atoms with Gasteiger partial charge in [0.1, 0.15) is 0 Å². The molecule has 0 aliphatic carbocycles. The molecule has 0 radical (unpaired) electrons. The van der Waals surface area contributed by atoms with Gasteiger partial charge in [-0.05, 0) is 25.8 Å². The fourth-order valence-corrected chi connectivity index (χ4v) is 1.18. The Hall–Kier alpha value is -1.11. The van der Waals surface area contributed by atoms with Crippen molar-refractivity contribution in [3.05, 3.63) is 35.9 Å². The van der Waals surface area contributed by atoms with Crippen molar-refractivity contribution in [2.75, 3.05) is 0 Å². The molecular formula is C12H17N. The topological polar surface area (TPSA) is 12.4 Å². The van der Waals surface area contributed by atoms with Crippen LogP contribution in [0.5, 0.6) is 0 Å². The Kier molecular flexibility index (Phi) is 3.69. The summed E-state index contributed by atoms with van der Waals surface area (Å²) in [5.74, 6) is 0. The number of nitrogens with zero attached hydrogens (tertiary/aromatic N) is 1. The third-order valence-electron chi connectivity index (χ3n) is 2.20. The zero-order valence-corrected chi connectivity index (χ0v) is 8.62. The van der Waals surface area contributed by atoms with E-state index in [9.17, 15) is 0 Å². The first kappa shape index (κ1) is 9.97. The molecule has 0 amide bonds. The first-order chi connectivity index (χ1) is 6.24. The average Bonchev–Trinajstić information content (AvgIpc) is 2.19. The monoisotopic (exact) mass is 175 g/mol. The second-order valence-corrected chi connectivity index (χ2v) is 3.34. The lowest BCUT2D eigenvalue weighted by Crippen LogP contribution is -2.02. The highest BCUT2D eigenvalue weighted by Crippen LogP contribution is 2.04. The summed E-state index contributed by atoms with van der Waals surface area (Å²) < 4.78 is 0. The predicted octanol–water partition coefficient (Wildman–Crippen LogP) is 3.29. The van der Waals surface area contributed by atoms with Crippen LogP contribution in [-0.2, 0) is 0 Å². The van der Waals surface area contributed by atoms with Gasteiger partial charge in [0.05, 0.1) is 0 Å². The van der Waals surface area contributed by atoms with E-state index in [4.69, 9.17) is 0 Å². The molecule has 0 heterocycles. The first-order valence-corrected chi connectivity index (χ1v) is 4.84. The van der Waals surface area contributed by atoms with Crippen LogP contribution in [0.1, 0.15) is 32.8 Å². The molecule has 1 heteroatoms. The van der Waals surface area contributed by atoms with Gasteiger partial charge in [0.25, 0.3) is 0 Å². The van der Waals surface area contributed by atoms with Gasteiger partial charge in [0.15, 0.2) is 0 Å². The highest BCUT2D eigenvalue weighted by Gasteiger charge is 1.98. The van der Waals surface area contributed by atoms with Gasteiger partial charge in [-0.2, -0.15) is 0 Å². The molecule has 0 bridgehead atoms. The predicted molar refractivity (Wildman–Crippen MR) is 58.4 cm³/mol. The van der Waals surface area contributed by atoms with Gasteiger partial charge in [-0.25, -0.2) is 0 Å². The van der Waals surface area contributed by atoms with Crippen LogP contribution in [0.15, 0.2) is 35.3 Å². The largest absolute Gasteiger partial charge is 0.286 e. The molecule has 0 saturated heterocycles. The minimum Gasteiger partial charge on any atom is -0.286 e. The van der Waals surface area contributed by atoms with Crippen molar-refractivity contribution in [3.8, 4) is 0 Å². The number of rotatable bonds is 3. The maximum Gasteiger partial charge on any atom is 0.0472 e. The molecule has 70 valence electrons. The van der Waals surface area contributed by atoms with Gasteiger partial charge in [0, 0.05) is 11.8 Å². The lowest BCUT2D eigenvalue weighted by molar-refractivity contribution is 0.717. The van der Waals surface area contributed by atoms with Crippen molar-refractivity contribution in [1.29, 1.82) is 0 Å². The minimum atomic E-state index is 0.431. The van der Waals surface area contributed by atoms with Crippen LogP contribution in [0.25, 0.3) is 0 Å². The third-order valence-corrected chi connectivity index (χ3v) is 2.20. The van der Waals surface area contributed by atoms with E-state index < -0.39 is 0 Å². The quantitative estimate of drug-likeness (QED) is 0.625. The molecule has 0 fully saturated rings. The van der Waals surface area contributed by atoms with Crippen molar-refractivity contribution >= 4 is 5.71 Å². The van der Waals surface area contributed by atoms with E-state index >= 15 is 0 Å². The van der Waals surface area contributed by atoms with Gasteiger partial charge in [-0.3, -0.25) is 4.99 Å². The molecule has 0 aliphatic heterocycles. The van der Waals surface area contributed by atoms with Crippen molar-refractivity contribution < 1.29 is 0 Å². The van der Waals surface area contributed by atoms with Crippen LogP contribution < -0.4 is 0 Å². The minimum absolute atomic E-state index is 0.431. The van der Waals surface area contributed by atoms with Crippen LogP contribution in [0.2, 0.25) is 0 Å². The molecule has 0 aromatic heterocycles. The molecule has 0 spiro atoms. The smallest absolute Gasteiger partial charge is 0.0472 e. The Morgan fingerprint density at radius 3 is 2.46 bits per heavy atom. The summed E-state index contributed by atoms with van der Waals surface area (Å²) in [6, 6.07) is 10.7. The van der Waals surface area contributed by atoms with Crippen LogP contribution in [0, 0.1) is 0 Å². The molecule has 0 N–H and O–H groups in total. The number of aliphatic imine (C=N–C) groups is 1. The average molecular weight is 175 g/mol. The van der Waals surface area contributed by atoms with Crippen LogP contribution in [0.4, 0.5) is 0 Å². The Morgan fingerprint density at radius 2 is 1.92 bits per heavy atom. The Morgan fingerprint density at radius 1 is 1.31 bits per heavy atom. The zero-order chi connectivity index (χ0) is 9.68. The van der Waals surface area contributed by atoms with Crippen molar-refractivity contribution in [1.82, 2.24) is 0 Å². The van der Waals surface area contributed by atoms with E-state index in [1.54, 1.807) is 0 Å². The number of hydrogen-bond donors (Lipinski definition) is 0. The summed E-state index contributed by atoms with van der Waals surface area (Å²) in [4.78, 5) is 4.58. The summed E-state index contributed by atoms with van der Waals surface area (Å²) >= 11 is 0. The molecular weight excluding hydrogens is 158 g/mol. The highest BCUT2D eigenvalue weighted by atomic mass is 14.8. The Balaban J connectivity index is 2.79. The van der Waals surface area contributed by atoms with Crippen LogP contribution in [-0.4, -0.2) is 11.8 Å². The summed E-state index contributed by atoms with van der Waals surface area (Å²) in [5, 5.41) is 0. The van der Waals surface area contributed by atoms with Crippen LogP contribution >= 0.6 is 0 Å². The van der Waals surface area contributed by atoms with Gasteiger partial charge < -0.3 is 0 Å². The van der Waals surface area contributed by atoms with Crippen LogP contribution in [0.3, 0.4) is 0 Å². The lowest BCUT2D eigenvalue weighted by atomic mass is 10.1. The second kappa shape index (κ2) is 4.80. The highest BCUT2D eigenvalue weighted by molar-refractivity contribution is 5.98. The number of benzene rings is 1. The molecule has 0 saturated carbocycles.